The number of hydrogen-bond acceptors (Lipinski definition) is 4. The number of nitrogens with zero attached hydrogens (tertiary/aromatic N) is 2. The molecule has 0 saturated carbocycles. The number of aryl methyl sites for hydroxylation is 1. The van der Waals surface area contributed by atoms with Gasteiger partial charge in [0.15, 0.2) is 11.7 Å². The van der Waals surface area contributed by atoms with E-state index in [4.69, 9.17) is 26.7 Å². The molecule has 0 unspecified atom stereocenters. The molecule has 0 aliphatic carbocycles. The van der Waals surface area contributed by atoms with Gasteiger partial charge < -0.3 is 26.7 Å². The van der Waals surface area contributed by atoms with E-state index in [1.165, 1.54) is 7.11 Å². The number of ether oxygens (including phenoxy) is 2. The number of methoxy groups -OCH3 is 1. The summed E-state index contributed by atoms with van der Waals surface area (Å²) in [6, 6.07) is 12.9. The summed E-state index contributed by atoms with van der Waals surface area (Å²) >= 11 is 0. The SMILES string of the molecule is COC(=O)c1cc(C)cc(N=C(N)N=C(N)N)c1OCc1ccccc1. The second kappa shape index (κ2) is 8.52. The van der Waals surface area contributed by atoms with E-state index in [-0.39, 0.29) is 29.8 Å². The van der Waals surface area contributed by atoms with Crippen molar-refractivity contribution in [3.8, 4) is 5.75 Å². The predicted octanol–water partition coefficient (Wildman–Crippen LogP) is 1.58. The van der Waals surface area contributed by atoms with Crippen LogP contribution in [0.25, 0.3) is 0 Å². The van der Waals surface area contributed by atoms with Crippen molar-refractivity contribution in [3.63, 3.8) is 0 Å². The minimum atomic E-state index is -0.548. The van der Waals surface area contributed by atoms with Crippen molar-refractivity contribution in [1.29, 1.82) is 0 Å². The molecule has 0 spiro atoms. The third kappa shape index (κ3) is 4.97. The van der Waals surface area contributed by atoms with Crippen LogP contribution in [0.15, 0.2) is 52.4 Å². The lowest BCUT2D eigenvalue weighted by atomic mass is 10.1. The van der Waals surface area contributed by atoms with Crippen molar-refractivity contribution in [1.82, 2.24) is 0 Å². The molecule has 0 aliphatic heterocycles. The molecular weight excluding hydrogens is 334 g/mol. The second-order valence-corrected chi connectivity index (χ2v) is 5.43. The number of benzene rings is 2. The summed E-state index contributed by atoms with van der Waals surface area (Å²) < 4.78 is 10.7. The Morgan fingerprint density at radius 1 is 1.12 bits per heavy atom. The minimum absolute atomic E-state index is 0.157. The molecular formula is C18H21N5O3. The average Bonchev–Trinajstić information content (AvgIpc) is 2.59. The standard InChI is InChI=1S/C18H21N5O3/c1-11-8-13(16(24)25-2)15(26-10-12-6-4-3-5-7-12)14(9-11)22-18(21)23-17(19)20/h3-9H,10H2,1-2H3,(H6,19,20,21,22,23). The molecule has 136 valence electrons. The Morgan fingerprint density at radius 2 is 1.81 bits per heavy atom. The topological polar surface area (TPSA) is 138 Å². The van der Waals surface area contributed by atoms with Crippen LogP contribution >= 0.6 is 0 Å². The molecule has 0 heterocycles. The summed E-state index contributed by atoms with van der Waals surface area (Å²) in [6.07, 6.45) is 0. The van der Waals surface area contributed by atoms with Gasteiger partial charge in [0, 0.05) is 0 Å². The summed E-state index contributed by atoms with van der Waals surface area (Å²) in [4.78, 5) is 20.0. The number of esters is 1. The van der Waals surface area contributed by atoms with Crippen LogP contribution in [0.5, 0.6) is 5.75 Å². The zero-order chi connectivity index (χ0) is 19.1. The van der Waals surface area contributed by atoms with E-state index >= 15 is 0 Å². The summed E-state index contributed by atoms with van der Waals surface area (Å²) in [6.45, 7) is 2.04. The van der Waals surface area contributed by atoms with Crippen molar-refractivity contribution in [2.75, 3.05) is 7.11 Å². The summed E-state index contributed by atoms with van der Waals surface area (Å²) in [7, 11) is 1.29. The van der Waals surface area contributed by atoms with E-state index in [2.05, 4.69) is 9.98 Å². The van der Waals surface area contributed by atoms with Crippen LogP contribution in [-0.4, -0.2) is 25.0 Å². The monoisotopic (exact) mass is 355 g/mol. The van der Waals surface area contributed by atoms with Crippen LogP contribution in [0, 0.1) is 6.92 Å². The molecule has 0 radical (unpaired) electrons. The van der Waals surface area contributed by atoms with Crippen LogP contribution in [-0.2, 0) is 11.3 Å². The fourth-order valence-electron chi connectivity index (χ4n) is 2.26. The maximum absolute atomic E-state index is 12.2. The van der Waals surface area contributed by atoms with Gasteiger partial charge in [0.2, 0.25) is 5.96 Å². The van der Waals surface area contributed by atoms with Gasteiger partial charge in [0.05, 0.1) is 7.11 Å². The average molecular weight is 355 g/mol. The van der Waals surface area contributed by atoms with Gasteiger partial charge in [-0.2, -0.15) is 4.99 Å². The van der Waals surface area contributed by atoms with Crippen molar-refractivity contribution in [2.45, 2.75) is 13.5 Å². The zero-order valence-corrected chi connectivity index (χ0v) is 14.6. The maximum Gasteiger partial charge on any atom is 0.341 e. The summed E-state index contributed by atoms with van der Waals surface area (Å²) in [5.74, 6) is -0.691. The van der Waals surface area contributed by atoms with E-state index in [1.54, 1.807) is 12.1 Å². The van der Waals surface area contributed by atoms with Crippen molar-refractivity contribution >= 4 is 23.6 Å². The first-order chi connectivity index (χ1) is 12.4. The van der Waals surface area contributed by atoms with E-state index < -0.39 is 5.97 Å². The normalized spacial score (nSPS) is 10.9. The van der Waals surface area contributed by atoms with Gasteiger partial charge >= 0.3 is 5.97 Å². The third-order valence-electron chi connectivity index (χ3n) is 3.32. The molecule has 2 aromatic carbocycles. The molecule has 2 aromatic rings. The Kier molecular flexibility index (Phi) is 6.15. The molecule has 6 N–H and O–H groups in total. The number of nitrogens with two attached hydrogens (primary N) is 3. The zero-order valence-electron chi connectivity index (χ0n) is 14.6. The highest BCUT2D eigenvalue weighted by molar-refractivity contribution is 5.97. The Bertz CT molecular complexity index is 843. The van der Waals surface area contributed by atoms with Gasteiger partial charge in [-0.15, -0.1) is 0 Å². The van der Waals surface area contributed by atoms with Gasteiger partial charge in [0.25, 0.3) is 0 Å². The first-order valence-corrected chi connectivity index (χ1v) is 7.74. The number of carbonyl (C=O) groups excluding carboxylic acids is 1. The predicted molar refractivity (Wildman–Crippen MR) is 100 cm³/mol. The molecule has 0 saturated heterocycles. The van der Waals surface area contributed by atoms with E-state index in [9.17, 15) is 4.79 Å². The van der Waals surface area contributed by atoms with Crippen LogP contribution < -0.4 is 21.9 Å². The smallest absolute Gasteiger partial charge is 0.341 e. The Labute approximate surface area is 151 Å². The van der Waals surface area contributed by atoms with Crippen LogP contribution in [0.1, 0.15) is 21.5 Å². The highest BCUT2D eigenvalue weighted by atomic mass is 16.5. The van der Waals surface area contributed by atoms with Gasteiger partial charge in [-0.25, -0.2) is 9.79 Å². The van der Waals surface area contributed by atoms with Crippen LogP contribution in [0.2, 0.25) is 0 Å². The molecule has 0 aromatic heterocycles. The highest BCUT2D eigenvalue weighted by Gasteiger charge is 2.19. The lowest BCUT2D eigenvalue weighted by molar-refractivity contribution is 0.0595. The van der Waals surface area contributed by atoms with Crippen LogP contribution in [0.3, 0.4) is 0 Å². The fraction of sp³-hybridized carbons (Fsp3) is 0.167. The summed E-state index contributed by atoms with van der Waals surface area (Å²) in [5.41, 5.74) is 18.6. The molecule has 8 heteroatoms. The Balaban J connectivity index is 2.49. The molecule has 26 heavy (non-hydrogen) atoms. The van der Waals surface area contributed by atoms with Gasteiger partial charge in [-0.05, 0) is 30.2 Å². The molecule has 0 amide bonds. The molecule has 2 rings (SSSR count). The number of guanidine groups is 2. The molecule has 8 nitrogen and oxygen atoms in total. The Morgan fingerprint density at radius 3 is 2.42 bits per heavy atom. The number of carbonyl (C=O) groups is 1. The van der Waals surface area contributed by atoms with Gasteiger partial charge in [-0.3, -0.25) is 0 Å². The molecule has 0 atom stereocenters. The van der Waals surface area contributed by atoms with Crippen molar-refractivity contribution in [3.05, 3.63) is 59.2 Å². The first-order valence-electron chi connectivity index (χ1n) is 7.74. The highest BCUT2D eigenvalue weighted by Crippen LogP contribution is 2.34. The maximum atomic E-state index is 12.2. The van der Waals surface area contributed by atoms with Crippen LogP contribution in [0.4, 0.5) is 5.69 Å². The largest absolute Gasteiger partial charge is 0.486 e. The number of aliphatic imine (C=N–C) groups is 2. The van der Waals surface area contributed by atoms with Crippen molar-refractivity contribution < 1.29 is 14.3 Å². The van der Waals surface area contributed by atoms with Crippen molar-refractivity contribution in [2.24, 2.45) is 27.2 Å². The third-order valence-corrected chi connectivity index (χ3v) is 3.32. The lowest BCUT2D eigenvalue weighted by Gasteiger charge is -2.14. The van der Waals surface area contributed by atoms with E-state index in [0.717, 1.165) is 11.1 Å². The second-order valence-electron chi connectivity index (χ2n) is 5.43. The number of rotatable bonds is 5. The van der Waals surface area contributed by atoms with Gasteiger partial charge in [0.1, 0.15) is 17.9 Å². The molecule has 0 fully saturated rings. The molecule has 0 aliphatic rings. The first kappa shape index (κ1) is 18.8. The lowest BCUT2D eigenvalue weighted by Crippen LogP contribution is -2.26. The number of hydrogen-bond donors (Lipinski definition) is 3. The fourth-order valence-corrected chi connectivity index (χ4v) is 2.26. The minimum Gasteiger partial charge on any atom is -0.486 e. The van der Waals surface area contributed by atoms with E-state index in [0.29, 0.717) is 5.69 Å². The van der Waals surface area contributed by atoms with E-state index in [1.807, 2.05) is 37.3 Å². The molecule has 0 bridgehead atoms. The Hall–Kier alpha value is -3.55. The quantitative estimate of drug-likeness (QED) is 0.423. The van der Waals surface area contributed by atoms with Gasteiger partial charge in [-0.1, -0.05) is 30.3 Å². The summed E-state index contributed by atoms with van der Waals surface area (Å²) in [5, 5.41) is 0.